The van der Waals surface area contributed by atoms with Crippen LogP contribution in [0.5, 0.6) is 0 Å². The third-order valence-electron chi connectivity index (χ3n) is 0. The Morgan fingerprint density at radius 2 is 0.444 bits per heavy atom. The van der Waals surface area contributed by atoms with Crippen LogP contribution in [-0.4, -0.2) is 0 Å². The molecule has 0 N–H and O–H groups in total. The van der Waals surface area contributed by atoms with Gasteiger partial charge in [0.25, 0.3) is 0 Å². The van der Waals surface area contributed by atoms with Crippen LogP contribution >= 0.6 is 0 Å². The zero-order valence-electron chi connectivity index (χ0n) is 4.09. The molecule has 0 saturated carbocycles. The van der Waals surface area contributed by atoms with Crippen molar-refractivity contribution in [3.05, 3.63) is 26.3 Å². The van der Waals surface area contributed by atoms with Gasteiger partial charge in [-0.2, -0.15) is 0 Å². The Morgan fingerprint density at radius 1 is 0.444 bits per heavy atom. The molecule has 0 aliphatic carbocycles. The van der Waals surface area contributed by atoms with Gasteiger partial charge in [0.15, 0.2) is 0 Å². The Labute approximate surface area is 65.0 Å². The molecule has 5 heteroatoms. The van der Waals surface area contributed by atoms with Crippen LogP contribution in [0.1, 0.15) is 0 Å². The third-order valence-corrected chi connectivity index (χ3v) is 0. The summed E-state index contributed by atoms with van der Waals surface area (Å²) >= 11 is 0. The van der Waals surface area contributed by atoms with E-state index in [4.69, 9.17) is 47.3 Å². The van der Waals surface area contributed by atoms with Gasteiger partial charge in [-0.15, -0.1) is 0 Å². The molecule has 50 valence electrons. The zero-order valence-corrected chi connectivity index (χ0v) is 5.03. The van der Waals surface area contributed by atoms with E-state index in [0.717, 1.165) is 0 Å². The van der Waals surface area contributed by atoms with E-state index < -0.39 is 0 Å². The number of rotatable bonds is 0. The number of nitrogens with zero attached hydrogens (tertiary/aromatic N) is 4. The van der Waals surface area contributed by atoms with Gasteiger partial charge in [0.1, 0.15) is 0 Å². The van der Waals surface area contributed by atoms with Crippen molar-refractivity contribution in [3.8, 4) is 0 Å². The van der Waals surface area contributed by atoms with Crippen molar-refractivity contribution in [1.82, 2.24) is 0 Å². The Balaban J connectivity index is -0.00000000762. The van der Waals surface area contributed by atoms with E-state index in [1.54, 1.807) is 0 Å². The molecule has 0 aromatic heterocycles. The maximum absolute atomic E-state index is 6.25. The molecule has 0 amide bonds. The molecule has 4 nitrogen and oxygen atoms in total. The molecule has 0 rings (SSSR count). The van der Waals surface area contributed by atoms with Crippen LogP contribution in [0.25, 0.3) is 0 Å². The Morgan fingerprint density at radius 3 is 0.444 bits per heavy atom. The molecule has 0 aliphatic rings. The van der Waals surface area contributed by atoms with Crippen LogP contribution < -0.4 is 0 Å². The van der Waals surface area contributed by atoms with E-state index in [1.807, 2.05) is 0 Å². The van der Waals surface area contributed by atoms with Crippen LogP contribution in [0, 0.1) is 47.3 Å². The first-order valence-corrected chi connectivity index (χ1v) is 0.894. The molecular weight excluding hydrogens is 168 g/mol. The summed E-state index contributed by atoms with van der Waals surface area (Å²) in [6.07, 6.45) is 0. The van der Waals surface area contributed by atoms with E-state index >= 15 is 0 Å². The van der Waals surface area contributed by atoms with E-state index in [1.165, 1.54) is 0 Å². The minimum absolute atomic E-state index is 0. The average molecular weight is 168 g/mol. The van der Waals surface area contributed by atoms with Crippen LogP contribution in [0.2, 0.25) is 0 Å². The second-order valence-corrected chi connectivity index (χ2v) is 0. The molecule has 0 bridgehead atoms. The number of hydrogen-bond acceptors (Lipinski definition) is 4. The van der Waals surface area contributed by atoms with Gasteiger partial charge >= 0.3 is 17.1 Å². The van der Waals surface area contributed by atoms with Gasteiger partial charge in [0.2, 0.25) is 0 Å². The largest absolute Gasteiger partial charge is 1.00 e. The Bertz CT molecular complexity index is 55.5. The molecule has 0 heterocycles. The normalized spacial score (nSPS) is 0.889. The molecule has 0 saturated heterocycles. The second-order valence-electron chi connectivity index (χ2n) is 0. The summed E-state index contributed by atoms with van der Waals surface area (Å²) < 4.78 is 0. The smallest absolute Gasteiger partial charge is 0.512 e. The van der Waals surface area contributed by atoms with Crippen molar-refractivity contribution in [2.75, 3.05) is 0 Å². The molecule has 0 aromatic carbocycles. The van der Waals surface area contributed by atoms with Crippen molar-refractivity contribution < 1.29 is 17.1 Å². The summed E-state index contributed by atoms with van der Waals surface area (Å²) in [6, 6.07) is 0. The van der Waals surface area contributed by atoms with E-state index in [2.05, 4.69) is 0 Å². The third kappa shape index (κ3) is 56.2. The van der Waals surface area contributed by atoms with Crippen molar-refractivity contribution in [2.24, 2.45) is 0 Å². The van der Waals surface area contributed by atoms with Gasteiger partial charge < -0.3 is 47.3 Å². The first kappa shape index (κ1) is 51.1. The topological polar surface area (TPSA) is 95.2 Å². The summed E-state index contributed by atoms with van der Waals surface area (Å²) in [6.45, 7) is 19.0. The molecule has 0 unspecified atom stereocenters. The van der Waals surface area contributed by atoms with Gasteiger partial charge in [0, 0.05) is 0 Å². The van der Waals surface area contributed by atoms with Crippen molar-refractivity contribution in [3.63, 3.8) is 0 Å². The van der Waals surface area contributed by atoms with E-state index in [0.29, 0.717) is 0 Å². The maximum atomic E-state index is 6.25. The molecule has 0 aliphatic heterocycles. The van der Waals surface area contributed by atoms with Crippen molar-refractivity contribution >= 4 is 0 Å². The van der Waals surface area contributed by atoms with Gasteiger partial charge in [-0.05, 0) is 0 Å². The van der Waals surface area contributed by atoms with Crippen molar-refractivity contribution in [2.45, 2.75) is 0 Å². The van der Waals surface area contributed by atoms with Crippen LogP contribution in [0.3, 0.4) is 0 Å². The fourth-order valence-corrected chi connectivity index (χ4v) is 0. The van der Waals surface area contributed by atoms with E-state index in [-0.39, 0.29) is 17.1 Å². The summed E-state index contributed by atoms with van der Waals surface area (Å²) in [5.41, 5.74) is 0. The Hall–Kier alpha value is -1.52. The number of hydrogen-bond donors (Lipinski definition) is 0. The van der Waals surface area contributed by atoms with Gasteiger partial charge in [0.05, 0.1) is 0 Å². The standard InChI is InChI=1S/4CN.Cu/c4*1-2;/q4*-1;+1. The molecule has 0 fully saturated rings. The monoisotopic (exact) mass is 167 g/mol. The molecule has 9 heavy (non-hydrogen) atoms. The first-order valence-electron chi connectivity index (χ1n) is 0.894. The Kier molecular flexibility index (Phi) is 478. The molecular formula is C4CuN4-3. The van der Waals surface area contributed by atoms with Gasteiger partial charge in [-0.1, -0.05) is 0 Å². The van der Waals surface area contributed by atoms with Crippen LogP contribution in [0.4, 0.5) is 0 Å². The maximum Gasteiger partial charge on any atom is 1.00 e. The molecule has 0 atom stereocenters. The van der Waals surface area contributed by atoms with Crippen LogP contribution in [0.15, 0.2) is 0 Å². The van der Waals surface area contributed by atoms with Crippen LogP contribution in [-0.2, 0) is 17.1 Å². The average Bonchev–Trinajstić information content (AvgIpc) is 2.03. The minimum atomic E-state index is 0. The van der Waals surface area contributed by atoms with E-state index in [9.17, 15) is 0 Å². The molecule has 0 spiro atoms. The summed E-state index contributed by atoms with van der Waals surface area (Å²) in [5.74, 6) is 0. The second kappa shape index (κ2) is 84.1. The zero-order chi connectivity index (χ0) is 8.00. The predicted molar refractivity (Wildman–Crippen MR) is 19.9 cm³/mol. The molecule has 0 aromatic rings. The fourth-order valence-electron chi connectivity index (χ4n) is 0. The predicted octanol–water partition coefficient (Wildman–Crippen LogP) is 0.383. The molecule has 0 radical (unpaired) electrons. The van der Waals surface area contributed by atoms with Gasteiger partial charge in [-0.25, -0.2) is 0 Å². The van der Waals surface area contributed by atoms with Crippen molar-refractivity contribution in [1.29, 1.82) is 21.0 Å². The summed E-state index contributed by atoms with van der Waals surface area (Å²) in [5, 5.41) is 25.0. The summed E-state index contributed by atoms with van der Waals surface area (Å²) in [7, 11) is 0. The fraction of sp³-hybridized carbons (Fsp3) is 0. The quantitative estimate of drug-likeness (QED) is 0.385. The SMILES string of the molecule is [C-]#N.[C-]#N.[C-]#N.[C-]#N.[Cu+]. The van der Waals surface area contributed by atoms with Gasteiger partial charge in [-0.3, -0.25) is 0 Å². The minimum Gasteiger partial charge on any atom is -0.512 e. The first-order chi connectivity index (χ1) is 4.00. The summed E-state index contributed by atoms with van der Waals surface area (Å²) in [4.78, 5) is 0.